The predicted octanol–water partition coefficient (Wildman–Crippen LogP) is 1.89. The number of benzene rings is 2. The molecule has 0 aromatic heterocycles. The van der Waals surface area contributed by atoms with Crippen LogP contribution in [0, 0.1) is 0 Å². The number of fused-ring (bicyclic) bond motifs is 1. The van der Waals surface area contributed by atoms with Crippen LogP contribution in [0.1, 0.15) is 0 Å². The summed E-state index contributed by atoms with van der Waals surface area (Å²) in [6.07, 6.45) is 0.929. The van der Waals surface area contributed by atoms with Crippen LogP contribution in [0.3, 0.4) is 0 Å². The maximum Gasteiger partial charge on any atom is 0.295 e. The van der Waals surface area contributed by atoms with E-state index < -0.39 is 25.0 Å². The van der Waals surface area contributed by atoms with E-state index in [4.69, 9.17) is 5.26 Å². The van der Waals surface area contributed by atoms with Crippen molar-refractivity contribution >= 4 is 48.6 Å². The monoisotopic (exact) mass is 381 g/mol. The third-order valence-electron chi connectivity index (χ3n) is 2.69. The molecule has 0 saturated heterocycles. The number of rotatable bonds is 6. The van der Waals surface area contributed by atoms with Crippen LogP contribution in [0.2, 0.25) is 0 Å². The Bertz CT molecular complexity index is 939. The number of anilines is 1. The molecular weight excluding hydrogens is 370 g/mol. The lowest BCUT2D eigenvalue weighted by Gasteiger charge is -2.13. The molecule has 0 atom stereocenters. The molecule has 2 aromatic carbocycles. The Balaban J connectivity index is 2.82. The minimum atomic E-state index is -4.54. The molecule has 0 spiro atoms. The van der Waals surface area contributed by atoms with E-state index in [0.29, 0.717) is 12.0 Å². The molecule has 0 aliphatic carbocycles. The van der Waals surface area contributed by atoms with Crippen LogP contribution in [0.25, 0.3) is 10.8 Å². The first-order valence-corrected chi connectivity index (χ1v) is 9.86. The molecule has 12 heteroatoms. The molecule has 0 bridgehead atoms. The third-order valence-corrected chi connectivity index (χ3v) is 4.84. The molecular formula is C11H11NO8S3. The van der Waals surface area contributed by atoms with E-state index in [1.165, 1.54) is 24.3 Å². The summed E-state index contributed by atoms with van der Waals surface area (Å²) >= 11 is 0.526. The van der Waals surface area contributed by atoms with Crippen molar-refractivity contribution in [3.05, 3.63) is 30.3 Å². The van der Waals surface area contributed by atoms with Gasteiger partial charge in [-0.1, -0.05) is 17.2 Å². The van der Waals surface area contributed by atoms with Crippen molar-refractivity contribution in [2.75, 3.05) is 11.0 Å². The highest BCUT2D eigenvalue weighted by Crippen LogP contribution is 2.37. The van der Waals surface area contributed by atoms with Gasteiger partial charge in [-0.25, -0.2) is 13.7 Å². The summed E-state index contributed by atoms with van der Waals surface area (Å²) in [6, 6.07) is 6.59. The normalized spacial score (nSPS) is 12.5. The predicted molar refractivity (Wildman–Crippen MR) is 82.9 cm³/mol. The molecule has 0 radical (unpaired) electrons. The maximum absolute atomic E-state index is 11.5. The number of nitrogens with one attached hydrogen (secondary N) is 1. The summed E-state index contributed by atoms with van der Waals surface area (Å²) in [6.45, 7) is 0. The van der Waals surface area contributed by atoms with Gasteiger partial charge in [0.1, 0.15) is 4.90 Å². The lowest BCUT2D eigenvalue weighted by Crippen LogP contribution is -2.11. The second-order valence-electron chi connectivity index (χ2n) is 4.37. The Hall–Kier alpha value is -1.41. The van der Waals surface area contributed by atoms with Crippen LogP contribution in [0.4, 0.5) is 5.69 Å². The highest BCUT2D eigenvalue weighted by atomic mass is 32.2. The van der Waals surface area contributed by atoms with Crippen LogP contribution in [-0.4, -0.2) is 32.9 Å². The minimum absolute atomic E-state index is 0.0627. The third kappa shape index (κ3) is 4.32. The first-order valence-electron chi connectivity index (χ1n) is 5.79. The van der Waals surface area contributed by atoms with Crippen LogP contribution in [0.15, 0.2) is 40.1 Å². The molecule has 2 aromatic rings. The fraction of sp³-hybridized carbons (Fsp3) is 0.0909. The quantitative estimate of drug-likeness (QED) is 0.296. The van der Waals surface area contributed by atoms with E-state index >= 15 is 0 Å². The van der Waals surface area contributed by atoms with Gasteiger partial charge in [0, 0.05) is 15.7 Å². The molecule has 126 valence electrons. The second-order valence-corrected chi connectivity index (χ2v) is 8.25. The van der Waals surface area contributed by atoms with Gasteiger partial charge < -0.3 is 0 Å². The molecule has 2 rings (SSSR count). The Morgan fingerprint density at radius 2 is 1.83 bits per heavy atom. The second kappa shape index (κ2) is 6.60. The van der Waals surface area contributed by atoms with Gasteiger partial charge in [-0.05, 0) is 18.2 Å². The van der Waals surface area contributed by atoms with Crippen LogP contribution >= 0.6 is 12.0 Å². The maximum atomic E-state index is 11.5. The molecule has 23 heavy (non-hydrogen) atoms. The van der Waals surface area contributed by atoms with Crippen LogP contribution < -0.4 is 4.72 Å². The zero-order valence-corrected chi connectivity index (χ0v) is 13.9. The van der Waals surface area contributed by atoms with Gasteiger partial charge in [0.2, 0.25) is 10.0 Å². The van der Waals surface area contributed by atoms with E-state index in [2.05, 4.69) is 14.1 Å². The van der Waals surface area contributed by atoms with Crippen molar-refractivity contribution in [3.63, 3.8) is 0 Å². The molecule has 0 amide bonds. The standard InChI is InChI=1S/C11H11NO8S3/c1-22(14,15)12-8-5-6-10(23(16,17)18)7-3-2-4-9(11(7)8)21-20-19-13/h2-6,12-13H,1H3,(H,16,17,18). The van der Waals surface area contributed by atoms with Crippen molar-refractivity contribution in [2.45, 2.75) is 9.79 Å². The Kier molecular flexibility index (Phi) is 5.15. The van der Waals surface area contributed by atoms with Crippen molar-refractivity contribution in [1.82, 2.24) is 0 Å². The average molecular weight is 381 g/mol. The molecule has 3 N–H and O–H groups in total. The SMILES string of the molecule is CS(=O)(=O)Nc1ccc(S(=O)(=O)O)c2cccc(SOOO)c12. The largest absolute Gasteiger partial charge is 0.295 e. The van der Waals surface area contributed by atoms with Crippen molar-refractivity contribution < 1.29 is 36.0 Å². The minimum Gasteiger partial charge on any atom is -0.283 e. The lowest BCUT2D eigenvalue weighted by atomic mass is 10.1. The van der Waals surface area contributed by atoms with Crippen LogP contribution in [-0.2, 0) is 29.5 Å². The average Bonchev–Trinajstić information content (AvgIpc) is 2.42. The van der Waals surface area contributed by atoms with E-state index in [1.54, 1.807) is 0 Å². The molecule has 0 aliphatic heterocycles. The summed E-state index contributed by atoms with van der Waals surface area (Å²) in [4.78, 5) is -0.160. The fourth-order valence-corrected chi connectivity index (χ4v) is 3.78. The van der Waals surface area contributed by atoms with E-state index in [9.17, 15) is 21.4 Å². The van der Waals surface area contributed by atoms with Gasteiger partial charge in [0.05, 0.1) is 24.0 Å². The van der Waals surface area contributed by atoms with Gasteiger partial charge in [0.15, 0.2) is 0 Å². The summed E-state index contributed by atoms with van der Waals surface area (Å²) in [5, 5.41) is 11.9. The zero-order valence-electron chi connectivity index (χ0n) is 11.5. The summed E-state index contributed by atoms with van der Waals surface area (Å²) < 4.78 is 61.8. The Morgan fingerprint density at radius 1 is 1.13 bits per heavy atom. The number of sulfonamides is 1. The van der Waals surface area contributed by atoms with Crippen molar-refractivity contribution in [2.24, 2.45) is 0 Å². The molecule has 0 fully saturated rings. The Labute approximate surface area is 136 Å². The summed E-state index contributed by atoms with van der Waals surface area (Å²) in [7, 11) is -8.18. The highest BCUT2D eigenvalue weighted by Gasteiger charge is 2.19. The lowest BCUT2D eigenvalue weighted by molar-refractivity contribution is -0.432. The van der Waals surface area contributed by atoms with Crippen molar-refractivity contribution in [1.29, 1.82) is 0 Å². The smallest absolute Gasteiger partial charge is 0.283 e. The van der Waals surface area contributed by atoms with Gasteiger partial charge in [-0.2, -0.15) is 8.42 Å². The summed E-state index contributed by atoms with van der Waals surface area (Å²) in [5.74, 6) is 0. The molecule has 0 unspecified atom stereocenters. The number of hydrogen-bond acceptors (Lipinski definition) is 8. The van der Waals surface area contributed by atoms with Crippen LogP contribution in [0.5, 0.6) is 0 Å². The highest BCUT2D eigenvalue weighted by molar-refractivity contribution is 7.95. The van der Waals surface area contributed by atoms with E-state index in [0.717, 1.165) is 12.3 Å². The van der Waals surface area contributed by atoms with Gasteiger partial charge in [0.25, 0.3) is 10.1 Å². The van der Waals surface area contributed by atoms with E-state index in [-0.39, 0.29) is 21.4 Å². The van der Waals surface area contributed by atoms with Gasteiger partial charge in [-0.15, -0.1) is 4.33 Å². The van der Waals surface area contributed by atoms with Gasteiger partial charge in [-0.3, -0.25) is 9.27 Å². The fourth-order valence-electron chi connectivity index (χ4n) is 1.98. The molecule has 0 aliphatic rings. The summed E-state index contributed by atoms with van der Waals surface area (Å²) in [5.41, 5.74) is 0.0690. The topological polar surface area (TPSA) is 139 Å². The van der Waals surface area contributed by atoms with E-state index in [1.807, 2.05) is 0 Å². The molecule has 0 heterocycles. The zero-order chi connectivity index (χ0) is 17.3. The Morgan fingerprint density at radius 3 is 2.39 bits per heavy atom. The van der Waals surface area contributed by atoms with Crippen molar-refractivity contribution in [3.8, 4) is 0 Å². The van der Waals surface area contributed by atoms with Gasteiger partial charge >= 0.3 is 0 Å². The number of hydrogen-bond donors (Lipinski definition) is 3. The molecule has 0 saturated carbocycles. The molecule has 9 nitrogen and oxygen atoms in total. The first-order chi connectivity index (χ1) is 10.6. The first kappa shape index (κ1) is 17.9.